The lowest BCUT2D eigenvalue weighted by Crippen LogP contribution is -3.00. The molecular weight excluding hydrogens is 150 g/mol. The van der Waals surface area contributed by atoms with Crippen LogP contribution in [0.2, 0.25) is 0 Å². The van der Waals surface area contributed by atoms with E-state index in [1.54, 1.807) is 0 Å². The fraction of sp³-hybridized carbons (Fsp3) is 1.00. The molecule has 0 aliphatic carbocycles. The zero-order valence-electron chi connectivity index (χ0n) is 7.10. The van der Waals surface area contributed by atoms with Crippen LogP contribution in [0.25, 0.3) is 0 Å². The van der Waals surface area contributed by atoms with Crippen molar-refractivity contribution in [1.82, 2.24) is 0 Å². The lowest BCUT2D eigenvalue weighted by molar-refractivity contribution is -0.892. The van der Waals surface area contributed by atoms with Crippen molar-refractivity contribution in [3.63, 3.8) is 0 Å². The largest absolute Gasteiger partial charge is 1.00 e. The summed E-state index contributed by atoms with van der Waals surface area (Å²) in [5.41, 5.74) is 0. The highest BCUT2D eigenvalue weighted by Crippen LogP contribution is 2.29. The van der Waals surface area contributed by atoms with Gasteiger partial charge in [-0.15, -0.1) is 0 Å². The molecule has 2 atom stereocenters. The number of quaternary nitrogens is 1. The van der Waals surface area contributed by atoms with Crippen LogP contribution in [0, 0.1) is 0 Å². The first-order chi connectivity index (χ1) is 4.05. The molecule has 0 amide bonds. The smallest absolute Gasteiger partial charge is 0.220 e. The minimum atomic E-state index is 0. The zero-order chi connectivity index (χ0) is 7.07. The van der Waals surface area contributed by atoms with Crippen LogP contribution in [-0.4, -0.2) is 38.0 Å². The summed E-state index contributed by atoms with van der Waals surface area (Å²) in [7, 11) is 6.50. The van der Waals surface area contributed by atoms with Crippen LogP contribution in [0.1, 0.15) is 13.3 Å². The molecule has 0 aromatic carbocycles. The summed E-state index contributed by atoms with van der Waals surface area (Å²) in [6.45, 7) is 2.17. The van der Waals surface area contributed by atoms with Gasteiger partial charge in [0, 0.05) is 0 Å². The van der Waals surface area contributed by atoms with Gasteiger partial charge in [-0.2, -0.15) is 0 Å². The summed E-state index contributed by atoms with van der Waals surface area (Å²) < 4.78 is 6.35. The van der Waals surface area contributed by atoms with Gasteiger partial charge in [-0.05, 0) is 6.42 Å². The van der Waals surface area contributed by atoms with Gasteiger partial charge in [0.15, 0.2) is 0 Å². The molecule has 10 heavy (non-hydrogen) atoms. The number of hydrogen-bond acceptors (Lipinski definition) is 1. The predicted molar refractivity (Wildman–Crippen MR) is 37.0 cm³/mol. The van der Waals surface area contributed by atoms with Crippen molar-refractivity contribution < 1.29 is 21.6 Å². The molecule has 1 heterocycles. The van der Waals surface area contributed by atoms with E-state index in [4.69, 9.17) is 4.74 Å². The third-order valence-electron chi connectivity index (χ3n) is 1.72. The Morgan fingerprint density at radius 2 is 1.80 bits per heavy atom. The van der Waals surface area contributed by atoms with E-state index in [1.165, 1.54) is 0 Å². The van der Waals surface area contributed by atoms with E-state index in [9.17, 15) is 0 Å². The first kappa shape index (κ1) is 10.2. The summed E-state index contributed by atoms with van der Waals surface area (Å²) in [6, 6.07) is 0. The second-order valence-corrected chi connectivity index (χ2v) is 3.59. The highest BCUT2D eigenvalue weighted by Gasteiger charge is 2.47. The maximum Gasteiger partial charge on any atom is 0.220 e. The van der Waals surface area contributed by atoms with Crippen LogP contribution in [0.15, 0.2) is 0 Å². The summed E-state index contributed by atoms with van der Waals surface area (Å²) in [5, 5.41) is 0. The van der Waals surface area contributed by atoms with Crippen molar-refractivity contribution in [1.29, 1.82) is 0 Å². The van der Waals surface area contributed by atoms with Crippen LogP contribution in [0.3, 0.4) is 0 Å². The number of epoxide rings is 1. The van der Waals surface area contributed by atoms with E-state index < -0.39 is 0 Å². The maximum absolute atomic E-state index is 5.40. The minimum absolute atomic E-state index is 0. The van der Waals surface area contributed by atoms with E-state index >= 15 is 0 Å². The molecule has 0 bridgehead atoms. The Labute approximate surface area is 69.2 Å². The fourth-order valence-corrected chi connectivity index (χ4v) is 1.11. The molecular formula is C7H16ClNO. The molecule has 2 nitrogen and oxygen atoms in total. The first-order valence-corrected chi connectivity index (χ1v) is 3.52. The van der Waals surface area contributed by atoms with Crippen LogP contribution in [0.4, 0.5) is 0 Å². The molecule has 0 spiro atoms. The number of halogens is 1. The van der Waals surface area contributed by atoms with Crippen LogP contribution in [-0.2, 0) is 4.74 Å². The highest BCUT2D eigenvalue weighted by molar-refractivity contribution is 4.74. The van der Waals surface area contributed by atoms with Gasteiger partial charge in [-0.3, -0.25) is 0 Å². The van der Waals surface area contributed by atoms with E-state index in [0.717, 1.165) is 10.9 Å². The monoisotopic (exact) mass is 165 g/mol. The molecule has 3 heteroatoms. The van der Waals surface area contributed by atoms with Crippen LogP contribution in [0.5, 0.6) is 0 Å². The molecule has 0 aromatic rings. The van der Waals surface area contributed by atoms with Gasteiger partial charge < -0.3 is 21.6 Å². The molecule has 0 saturated carbocycles. The Morgan fingerprint density at radius 1 is 1.30 bits per heavy atom. The highest BCUT2D eigenvalue weighted by atomic mass is 35.5. The second kappa shape index (κ2) is 3.07. The van der Waals surface area contributed by atoms with Crippen molar-refractivity contribution in [3.8, 4) is 0 Å². The molecule has 0 N–H and O–H groups in total. The molecule has 1 fully saturated rings. The molecule has 1 rings (SSSR count). The topological polar surface area (TPSA) is 12.5 Å². The van der Waals surface area contributed by atoms with Crippen molar-refractivity contribution in [2.75, 3.05) is 21.1 Å². The van der Waals surface area contributed by atoms with Crippen molar-refractivity contribution >= 4 is 0 Å². The summed E-state index contributed by atoms with van der Waals surface area (Å²) >= 11 is 0. The van der Waals surface area contributed by atoms with Gasteiger partial charge in [-0.1, -0.05) is 6.92 Å². The number of rotatable bonds is 2. The van der Waals surface area contributed by atoms with Gasteiger partial charge >= 0.3 is 0 Å². The maximum atomic E-state index is 5.40. The Bertz CT molecular complexity index is 111. The average Bonchev–Trinajstić information content (AvgIpc) is 2.39. The number of likely N-dealkylation sites (N-methyl/N-ethyl adjacent to an activating group) is 1. The fourth-order valence-electron chi connectivity index (χ4n) is 1.11. The lowest BCUT2D eigenvalue weighted by Gasteiger charge is -2.20. The Hall–Kier alpha value is 0.210. The summed E-state index contributed by atoms with van der Waals surface area (Å²) in [4.78, 5) is 0. The zero-order valence-corrected chi connectivity index (χ0v) is 7.85. The van der Waals surface area contributed by atoms with Crippen molar-refractivity contribution in [2.24, 2.45) is 0 Å². The molecule has 2 unspecified atom stereocenters. The quantitative estimate of drug-likeness (QED) is 0.335. The summed E-state index contributed by atoms with van der Waals surface area (Å²) in [5.74, 6) is 0. The number of nitrogens with zero attached hydrogens (tertiary/aromatic N) is 1. The van der Waals surface area contributed by atoms with Gasteiger partial charge in [-0.25, -0.2) is 0 Å². The normalized spacial score (nSPS) is 31.2. The Kier molecular flexibility index (Phi) is 3.14. The third kappa shape index (κ3) is 2.11. The van der Waals surface area contributed by atoms with Crippen molar-refractivity contribution in [2.45, 2.75) is 25.7 Å². The van der Waals surface area contributed by atoms with Crippen LogP contribution < -0.4 is 12.4 Å². The second-order valence-electron chi connectivity index (χ2n) is 3.59. The van der Waals surface area contributed by atoms with Gasteiger partial charge in [0.25, 0.3) is 0 Å². The SMILES string of the molecule is CCC1OC1[N+](C)(C)C.[Cl-]. The lowest BCUT2D eigenvalue weighted by atomic mass is 10.3. The molecule has 1 saturated heterocycles. The Morgan fingerprint density at radius 3 is 1.90 bits per heavy atom. The number of ether oxygens (including phenoxy) is 1. The molecule has 0 aromatic heterocycles. The molecule has 62 valence electrons. The van der Waals surface area contributed by atoms with Gasteiger partial charge in [0.2, 0.25) is 6.23 Å². The first-order valence-electron chi connectivity index (χ1n) is 3.52. The van der Waals surface area contributed by atoms with Crippen LogP contribution >= 0.6 is 0 Å². The van der Waals surface area contributed by atoms with E-state index in [-0.39, 0.29) is 12.4 Å². The number of hydrogen-bond donors (Lipinski definition) is 0. The van der Waals surface area contributed by atoms with Gasteiger partial charge in [0.05, 0.1) is 21.1 Å². The molecule has 1 aliphatic heterocycles. The third-order valence-corrected chi connectivity index (χ3v) is 1.72. The standard InChI is InChI=1S/C7H16NO.ClH/c1-5-6-7(9-6)8(2,3)4;/h6-7H,5H2,1-4H3;1H/q+1;/p-1. The minimum Gasteiger partial charge on any atom is -1.00 e. The van der Waals surface area contributed by atoms with E-state index in [0.29, 0.717) is 12.3 Å². The van der Waals surface area contributed by atoms with E-state index in [2.05, 4.69) is 28.1 Å². The Balaban J connectivity index is 0.000000810. The van der Waals surface area contributed by atoms with Crippen molar-refractivity contribution in [3.05, 3.63) is 0 Å². The van der Waals surface area contributed by atoms with E-state index in [1.807, 2.05) is 0 Å². The molecule has 0 radical (unpaired) electrons. The summed E-state index contributed by atoms with van der Waals surface area (Å²) in [6.07, 6.45) is 2.15. The molecule has 1 aliphatic rings. The average molecular weight is 166 g/mol. The predicted octanol–water partition coefficient (Wildman–Crippen LogP) is -2.17. The van der Waals surface area contributed by atoms with Gasteiger partial charge in [0.1, 0.15) is 6.10 Å².